The van der Waals surface area contributed by atoms with E-state index in [1.807, 2.05) is 12.1 Å². The predicted octanol–water partition coefficient (Wildman–Crippen LogP) is 5.06. The van der Waals surface area contributed by atoms with Crippen molar-refractivity contribution in [2.75, 3.05) is 7.11 Å². The molecule has 200 valence electrons. The number of aromatic hydroxyl groups is 3. The number of phenols is 3. The zero-order valence-corrected chi connectivity index (χ0v) is 21.6. The fraction of sp³-hybridized carbons (Fsp3) is 0.533. The molecular formula is C30H38O7. The summed E-state index contributed by atoms with van der Waals surface area (Å²) in [6.45, 7) is 1.69. The average Bonchev–Trinajstić information content (AvgIpc) is 2.90. The molecule has 1 aliphatic heterocycles. The monoisotopic (exact) mass is 510 g/mol. The van der Waals surface area contributed by atoms with Crippen LogP contribution >= 0.6 is 0 Å². The number of fused-ring (bicyclic) bond motifs is 4. The molecule has 0 aromatic heterocycles. The van der Waals surface area contributed by atoms with Crippen molar-refractivity contribution in [1.29, 1.82) is 0 Å². The lowest BCUT2D eigenvalue weighted by molar-refractivity contribution is -0.178. The van der Waals surface area contributed by atoms with Crippen molar-refractivity contribution in [2.24, 2.45) is 11.8 Å². The van der Waals surface area contributed by atoms with E-state index in [1.54, 1.807) is 12.1 Å². The van der Waals surface area contributed by atoms with E-state index in [-0.39, 0.29) is 35.2 Å². The predicted molar refractivity (Wildman–Crippen MR) is 140 cm³/mol. The molecule has 0 spiro atoms. The Labute approximate surface area is 218 Å². The van der Waals surface area contributed by atoms with Gasteiger partial charge < -0.3 is 35.0 Å². The minimum Gasteiger partial charge on any atom is -0.508 e. The topological polar surface area (TPSA) is 120 Å². The Kier molecular flexibility index (Phi) is 7.39. The molecule has 1 saturated carbocycles. The van der Waals surface area contributed by atoms with Crippen LogP contribution in [0.1, 0.15) is 85.3 Å². The third-order valence-corrected chi connectivity index (χ3v) is 8.69. The second kappa shape index (κ2) is 10.6. The maximum absolute atomic E-state index is 11.4. The van der Waals surface area contributed by atoms with E-state index >= 15 is 0 Å². The third kappa shape index (κ3) is 4.47. The number of ether oxygens (including phenoxy) is 2. The van der Waals surface area contributed by atoms with E-state index in [9.17, 15) is 25.5 Å². The van der Waals surface area contributed by atoms with E-state index < -0.39 is 30.3 Å². The molecule has 1 saturated heterocycles. The van der Waals surface area contributed by atoms with Crippen LogP contribution in [0.3, 0.4) is 0 Å². The Hall–Kier alpha value is -2.74. The number of methoxy groups -OCH3 is 1. The molecule has 5 rings (SSSR count). The van der Waals surface area contributed by atoms with Crippen LogP contribution < -0.4 is 4.74 Å². The van der Waals surface area contributed by atoms with Gasteiger partial charge in [-0.1, -0.05) is 44.1 Å². The first-order chi connectivity index (χ1) is 17.9. The largest absolute Gasteiger partial charge is 0.508 e. The number of aryl methyl sites for hydroxylation is 1. The molecule has 5 N–H and O–H groups in total. The molecule has 7 nitrogen and oxygen atoms in total. The molecule has 0 radical (unpaired) electrons. The summed E-state index contributed by atoms with van der Waals surface area (Å²) in [6, 6.07) is 5.93. The average molecular weight is 511 g/mol. The van der Waals surface area contributed by atoms with Crippen molar-refractivity contribution in [3.05, 3.63) is 52.1 Å². The number of hydrogen-bond acceptors (Lipinski definition) is 7. The standard InChI is InChI=1S/C30H38O7/c1-3-4-5-6-18-13-16(8-12-23(18)32)17-7-9-19-24(14-17)37-29-21(26(19)33)11-10-20-25(29)22(15-31)27(34)28(35)30(20)36-2/h8,10-13,17,19,21,24,26,29,31-35H,3-7,9,14-15H2,1-2H3/t17-,19-,21-,24-,26+,29+/m0/s1. The van der Waals surface area contributed by atoms with Crippen LogP contribution in [0.25, 0.3) is 6.08 Å². The quantitative estimate of drug-likeness (QED) is 0.261. The van der Waals surface area contributed by atoms with E-state index in [0.717, 1.165) is 50.5 Å². The van der Waals surface area contributed by atoms with Crippen LogP contribution in [-0.2, 0) is 17.8 Å². The molecule has 2 aliphatic carbocycles. The molecule has 2 aromatic carbocycles. The van der Waals surface area contributed by atoms with Crippen molar-refractivity contribution in [3.63, 3.8) is 0 Å². The SMILES string of the molecule is CCCCCc1cc([C@H]2CC[C@@H]3[C@@H](O)[C@@H]4C=Cc5c(OC)c(O)c(O)c(CO)c5[C@@H]4O[C@H]3C2)ccc1O. The lowest BCUT2D eigenvalue weighted by Crippen LogP contribution is -2.50. The molecule has 7 heteroatoms. The summed E-state index contributed by atoms with van der Waals surface area (Å²) in [6.07, 6.45) is 8.91. The van der Waals surface area contributed by atoms with Gasteiger partial charge in [-0.05, 0) is 55.2 Å². The van der Waals surface area contributed by atoms with Gasteiger partial charge in [-0.15, -0.1) is 0 Å². The first-order valence-electron chi connectivity index (χ1n) is 13.5. The molecule has 37 heavy (non-hydrogen) atoms. The molecular weight excluding hydrogens is 472 g/mol. The summed E-state index contributed by atoms with van der Waals surface area (Å²) >= 11 is 0. The molecule has 0 bridgehead atoms. The molecule has 6 atom stereocenters. The summed E-state index contributed by atoms with van der Waals surface area (Å²) in [4.78, 5) is 0. The van der Waals surface area contributed by atoms with Crippen molar-refractivity contribution in [2.45, 2.75) is 82.7 Å². The first kappa shape index (κ1) is 25.9. The normalized spacial score (nSPS) is 28.3. The van der Waals surface area contributed by atoms with Gasteiger partial charge in [-0.2, -0.15) is 0 Å². The summed E-state index contributed by atoms with van der Waals surface area (Å²) in [5.41, 5.74) is 3.48. The highest BCUT2D eigenvalue weighted by Crippen LogP contribution is 2.55. The maximum Gasteiger partial charge on any atom is 0.201 e. The van der Waals surface area contributed by atoms with Gasteiger partial charge in [0.25, 0.3) is 0 Å². The van der Waals surface area contributed by atoms with Crippen molar-refractivity contribution < 1.29 is 35.0 Å². The van der Waals surface area contributed by atoms with Crippen LogP contribution in [-0.4, -0.2) is 44.9 Å². The zero-order valence-electron chi connectivity index (χ0n) is 21.6. The van der Waals surface area contributed by atoms with E-state index in [0.29, 0.717) is 16.9 Å². The van der Waals surface area contributed by atoms with Crippen LogP contribution in [0.15, 0.2) is 24.3 Å². The van der Waals surface area contributed by atoms with Gasteiger partial charge in [-0.25, -0.2) is 0 Å². The third-order valence-electron chi connectivity index (χ3n) is 8.69. The summed E-state index contributed by atoms with van der Waals surface area (Å²) in [7, 11) is 1.42. The Morgan fingerprint density at radius 1 is 1.08 bits per heavy atom. The van der Waals surface area contributed by atoms with Gasteiger partial charge in [0.2, 0.25) is 5.75 Å². The Morgan fingerprint density at radius 3 is 2.62 bits per heavy atom. The summed E-state index contributed by atoms with van der Waals surface area (Å²) < 4.78 is 12.1. The van der Waals surface area contributed by atoms with Crippen molar-refractivity contribution >= 4 is 6.08 Å². The van der Waals surface area contributed by atoms with E-state index in [2.05, 4.69) is 13.0 Å². The highest BCUT2D eigenvalue weighted by atomic mass is 16.5. The summed E-state index contributed by atoms with van der Waals surface area (Å²) in [5, 5.41) is 53.0. The van der Waals surface area contributed by atoms with Crippen LogP contribution in [0, 0.1) is 11.8 Å². The molecule has 3 aliphatic rings. The van der Waals surface area contributed by atoms with Gasteiger partial charge in [0.15, 0.2) is 11.5 Å². The van der Waals surface area contributed by atoms with Crippen LogP contribution in [0.5, 0.6) is 23.0 Å². The fourth-order valence-corrected chi connectivity index (χ4v) is 6.70. The van der Waals surface area contributed by atoms with Gasteiger partial charge in [0.05, 0.1) is 32.0 Å². The van der Waals surface area contributed by atoms with Crippen LogP contribution in [0.4, 0.5) is 0 Å². The number of hydrogen-bond donors (Lipinski definition) is 5. The number of unbranched alkanes of at least 4 members (excludes halogenated alkanes) is 2. The van der Waals surface area contributed by atoms with E-state index in [1.165, 1.54) is 12.7 Å². The minimum atomic E-state index is -0.632. The molecule has 2 aromatic rings. The van der Waals surface area contributed by atoms with Gasteiger partial charge in [0, 0.05) is 28.5 Å². The number of rotatable bonds is 7. The number of aliphatic hydroxyl groups is 2. The Bertz CT molecular complexity index is 1170. The highest BCUT2D eigenvalue weighted by Gasteiger charge is 2.49. The Balaban J connectivity index is 1.44. The Morgan fingerprint density at radius 2 is 1.89 bits per heavy atom. The van der Waals surface area contributed by atoms with Crippen molar-refractivity contribution in [1.82, 2.24) is 0 Å². The smallest absolute Gasteiger partial charge is 0.201 e. The molecule has 0 amide bonds. The van der Waals surface area contributed by atoms with Gasteiger partial charge in [-0.3, -0.25) is 0 Å². The maximum atomic E-state index is 11.4. The van der Waals surface area contributed by atoms with Gasteiger partial charge in [0.1, 0.15) is 5.75 Å². The number of aliphatic hydroxyl groups excluding tert-OH is 2. The van der Waals surface area contributed by atoms with Gasteiger partial charge >= 0.3 is 0 Å². The van der Waals surface area contributed by atoms with Crippen LogP contribution in [0.2, 0.25) is 0 Å². The lowest BCUT2D eigenvalue weighted by Gasteiger charge is -2.49. The van der Waals surface area contributed by atoms with Crippen molar-refractivity contribution in [3.8, 4) is 23.0 Å². The minimum absolute atomic E-state index is 0.0185. The summed E-state index contributed by atoms with van der Waals surface area (Å²) in [5.74, 6) is -0.469. The second-order valence-corrected chi connectivity index (χ2v) is 10.7. The highest BCUT2D eigenvalue weighted by molar-refractivity contribution is 5.74. The molecule has 1 heterocycles. The first-order valence-corrected chi connectivity index (χ1v) is 13.5. The fourth-order valence-electron chi connectivity index (χ4n) is 6.70. The molecule has 2 fully saturated rings. The molecule has 0 unspecified atom stereocenters. The number of phenolic OH excluding ortho intramolecular Hbond substituents is 2. The number of benzene rings is 2. The zero-order chi connectivity index (χ0) is 26.3. The lowest BCUT2D eigenvalue weighted by atomic mass is 9.67. The van der Waals surface area contributed by atoms with E-state index in [4.69, 9.17) is 9.47 Å². The second-order valence-electron chi connectivity index (χ2n) is 10.7.